The van der Waals surface area contributed by atoms with Gasteiger partial charge in [-0.15, -0.1) is 11.3 Å². The molecule has 0 aliphatic rings. The molecule has 1 heterocycles. The fourth-order valence-corrected chi connectivity index (χ4v) is 4.48. The summed E-state index contributed by atoms with van der Waals surface area (Å²) in [4.78, 5) is 30.6. The Kier molecular flexibility index (Phi) is 7.73. The first-order valence-corrected chi connectivity index (χ1v) is 11.3. The monoisotopic (exact) mass is 490 g/mol. The van der Waals surface area contributed by atoms with E-state index >= 15 is 0 Å². The van der Waals surface area contributed by atoms with Crippen molar-refractivity contribution in [3.63, 3.8) is 0 Å². The molecule has 6 nitrogen and oxygen atoms in total. The fourth-order valence-electron chi connectivity index (χ4n) is 3.76. The van der Waals surface area contributed by atoms with E-state index in [9.17, 15) is 22.8 Å². The second-order valence-electron chi connectivity index (χ2n) is 8.12. The number of hydrogen-bond donors (Lipinski definition) is 2. The molecule has 0 aliphatic heterocycles. The van der Waals surface area contributed by atoms with Crippen LogP contribution in [-0.4, -0.2) is 41.8 Å². The number of nitrogens with one attached hydrogen (secondary N) is 2. The Labute approximate surface area is 199 Å². The number of alkyl halides is 3. The zero-order valence-electron chi connectivity index (χ0n) is 19.2. The van der Waals surface area contributed by atoms with Crippen molar-refractivity contribution in [2.24, 2.45) is 0 Å². The van der Waals surface area contributed by atoms with Crippen LogP contribution in [-0.2, 0) is 15.8 Å². The van der Waals surface area contributed by atoms with Crippen molar-refractivity contribution >= 4 is 34.0 Å². The fraction of sp³-hybridized carbons (Fsp3) is 0.292. The molecule has 0 atom stereocenters. The lowest BCUT2D eigenvalue weighted by molar-refractivity contribution is -0.137. The highest BCUT2D eigenvalue weighted by atomic mass is 32.1. The van der Waals surface area contributed by atoms with Gasteiger partial charge in [-0.25, -0.2) is 4.98 Å². The minimum Gasteiger partial charge on any atom is -0.324 e. The lowest BCUT2D eigenvalue weighted by atomic mass is 9.98. The Morgan fingerprint density at radius 3 is 2.21 bits per heavy atom. The van der Waals surface area contributed by atoms with Crippen LogP contribution in [0.25, 0.3) is 11.3 Å². The number of amides is 2. The number of aromatic nitrogens is 1. The lowest BCUT2D eigenvalue weighted by Crippen LogP contribution is -2.36. The second-order valence-corrected chi connectivity index (χ2v) is 8.98. The van der Waals surface area contributed by atoms with E-state index in [0.717, 1.165) is 34.0 Å². The molecule has 2 amide bonds. The van der Waals surface area contributed by atoms with Crippen molar-refractivity contribution < 1.29 is 22.8 Å². The molecule has 3 aromatic rings. The Balaban J connectivity index is 1.57. The smallest absolute Gasteiger partial charge is 0.324 e. The summed E-state index contributed by atoms with van der Waals surface area (Å²) in [6.45, 7) is 5.67. The molecule has 0 aliphatic carbocycles. The molecule has 1 aromatic heterocycles. The van der Waals surface area contributed by atoms with Crippen LogP contribution in [0, 0.1) is 20.8 Å². The Bertz CT molecular complexity index is 1180. The zero-order chi connectivity index (χ0) is 25.0. The molecule has 34 heavy (non-hydrogen) atoms. The van der Waals surface area contributed by atoms with Crippen molar-refractivity contribution in [1.82, 2.24) is 9.88 Å². The van der Waals surface area contributed by atoms with Crippen LogP contribution >= 0.6 is 11.3 Å². The predicted octanol–water partition coefficient (Wildman–Crippen LogP) is 5.26. The van der Waals surface area contributed by atoms with E-state index < -0.39 is 17.6 Å². The molecule has 2 aromatic carbocycles. The lowest BCUT2D eigenvalue weighted by Gasteiger charge is -2.17. The van der Waals surface area contributed by atoms with Gasteiger partial charge in [0.1, 0.15) is 0 Å². The number of benzene rings is 2. The topological polar surface area (TPSA) is 74.3 Å². The maximum absolute atomic E-state index is 13.1. The first-order valence-electron chi connectivity index (χ1n) is 10.4. The highest BCUT2D eigenvalue weighted by molar-refractivity contribution is 7.14. The Morgan fingerprint density at radius 1 is 1.00 bits per heavy atom. The summed E-state index contributed by atoms with van der Waals surface area (Å²) in [6.07, 6.45) is -4.59. The summed E-state index contributed by atoms with van der Waals surface area (Å²) >= 11 is 1.29. The number of hydrogen-bond acceptors (Lipinski definition) is 5. The van der Waals surface area contributed by atoms with Gasteiger partial charge in [-0.1, -0.05) is 29.8 Å². The number of likely N-dealkylation sites (N-methyl/N-ethyl adjacent to an activating group) is 1. The number of aryl methyl sites for hydroxylation is 3. The second kappa shape index (κ2) is 10.4. The van der Waals surface area contributed by atoms with Gasteiger partial charge in [0, 0.05) is 10.9 Å². The summed E-state index contributed by atoms with van der Waals surface area (Å²) in [7, 11) is 1.53. The standard InChI is InChI=1S/C24H25F3N4O2S/c1-14-9-15(2)22(16(3)10-14)19-13-34-23(29-19)30-21(33)12-31(4)11-20(32)28-18-8-6-5-7-17(18)24(25,26)27/h5-10,13H,11-12H2,1-4H3,(H,28,32)(H,29,30,33). The molecule has 10 heteroatoms. The van der Waals surface area contributed by atoms with E-state index in [1.165, 1.54) is 41.5 Å². The first-order chi connectivity index (χ1) is 15.9. The van der Waals surface area contributed by atoms with Crippen LogP contribution in [0.5, 0.6) is 0 Å². The molecular weight excluding hydrogens is 465 g/mol. The minimum absolute atomic E-state index is 0.133. The van der Waals surface area contributed by atoms with Crippen molar-refractivity contribution in [1.29, 1.82) is 0 Å². The maximum Gasteiger partial charge on any atom is 0.418 e. The maximum atomic E-state index is 13.1. The average molecular weight is 491 g/mol. The van der Waals surface area contributed by atoms with E-state index in [1.807, 2.05) is 26.2 Å². The molecule has 0 saturated carbocycles. The van der Waals surface area contributed by atoms with Gasteiger partial charge in [0.25, 0.3) is 0 Å². The summed E-state index contributed by atoms with van der Waals surface area (Å²) in [5.41, 5.74) is 3.90. The highest BCUT2D eigenvalue weighted by Gasteiger charge is 2.33. The Hall–Kier alpha value is -3.24. The third-order valence-corrected chi connectivity index (χ3v) is 5.78. The number of carbonyl (C=O) groups excluding carboxylic acids is 2. The van der Waals surface area contributed by atoms with Crippen molar-refractivity contribution in [3.8, 4) is 11.3 Å². The number of thiazole rings is 1. The van der Waals surface area contributed by atoms with Gasteiger partial charge in [-0.2, -0.15) is 13.2 Å². The van der Waals surface area contributed by atoms with Crippen LogP contribution in [0.2, 0.25) is 0 Å². The number of rotatable bonds is 7. The molecular formula is C24H25F3N4O2S. The van der Waals surface area contributed by atoms with Gasteiger partial charge in [-0.05, 0) is 51.1 Å². The minimum atomic E-state index is -4.59. The molecule has 2 N–H and O–H groups in total. The molecule has 0 saturated heterocycles. The summed E-state index contributed by atoms with van der Waals surface area (Å²) in [5.74, 6) is -1.04. The van der Waals surface area contributed by atoms with E-state index in [-0.39, 0.29) is 24.7 Å². The quantitative estimate of drug-likeness (QED) is 0.474. The number of carbonyl (C=O) groups is 2. The summed E-state index contributed by atoms with van der Waals surface area (Å²) in [5, 5.41) is 7.27. The molecule has 0 fully saturated rings. The summed E-state index contributed by atoms with van der Waals surface area (Å²) in [6, 6.07) is 8.89. The van der Waals surface area contributed by atoms with Gasteiger partial charge >= 0.3 is 6.18 Å². The zero-order valence-corrected chi connectivity index (χ0v) is 20.0. The molecule has 3 rings (SSSR count). The highest BCUT2D eigenvalue weighted by Crippen LogP contribution is 2.34. The largest absolute Gasteiger partial charge is 0.418 e. The number of para-hydroxylation sites is 1. The molecule has 0 unspecified atom stereocenters. The van der Waals surface area contributed by atoms with E-state index in [1.54, 1.807) is 0 Å². The van der Waals surface area contributed by atoms with Gasteiger partial charge in [0.15, 0.2) is 5.13 Å². The summed E-state index contributed by atoms with van der Waals surface area (Å²) < 4.78 is 39.3. The van der Waals surface area contributed by atoms with Crippen molar-refractivity contribution in [2.45, 2.75) is 26.9 Å². The van der Waals surface area contributed by atoms with Gasteiger partial charge in [0.2, 0.25) is 11.8 Å². The van der Waals surface area contributed by atoms with E-state index in [2.05, 4.69) is 27.8 Å². The number of halogens is 3. The van der Waals surface area contributed by atoms with Crippen LogP contribution in [0.1, 0.15) is 22.3 Å². The predicted molar refractivity (Wildman–Crippen MR) is 128 cm³/mol. The number of anilines is 2. The van der Waals surface area contributed by atoms with Crippen LogP contribution in [0.15, 0.2) is 41.8 Å². The van der Waals surface area contributed by atoms with E-state index in [4.69, 9.17) is 0 Å². The number of nitrogens with zero attached hydrogens (tertiary/aromatic N) is 2. The van der Waals surface area contributed by atoms with Crippen molar-refractivity contribution in [3.05, 3.63) is 64.0 Å². The molecule has 0 bridgehead atoms. The SMILES string of the molecule is Cc1cc(C)c(-c2csc(NC(=O)CN(C)CC(=O)Nc3ccccc3C(F)(F)F)n2)c(C)c1. The van der Waals surface area contributed by atoms with Gasteiger partial charge in [-0.3, -0.25) is 14.5 Å². The molecule has 180 valence electrons. The Morgan fingerprint density at radius 2 is 1.59 bits per heavy atom. The first kappa shape index (κ1) is 25.4. The van der Waals surface area contributed by atoms with E-state index in [0.29, 0.717) is 5.13 Å². The molecule has 0 spiro atoms. The van der Waals surface area contributed by atoms with Crippen molar-refractivity contribution in [2.75, 3.05) is 30.8 Å². The molecule has 0 radical (unpaired) electrons. The van der Waals surface area contributed by atoms with Gasteiger partial charge in [0.05, 0.1) is 30.0 Å². The van der Waals surface area contributed by atoms with Crippen LogP contribution < -0.4 is 10.6 Å². The average Bonchev–Trinajstić information content (AvgIpc) is 3.14. The van der Waals surface area contributed by atoms with Crippen LogP contribution in [0.3, 0.4) is 0 Å². The van der Waals surface area contributed by atoms with Crippen LogP contribution in [0.4, 0.5) is 24.0 Å². The normalized spacial score (nSPS) is 11.5. The third kappa shape index (κ3) is 6.42. The van der Waals surface area contributed by atoms with Gasteiger partial charge < -0.3 is 10.6 Å². The third-order valence-electron chi connectivity index (χ3n) is 5.02.